The van der Waals surface area contributed by atoms with Crippen LogP contribution in [0.25, 0.3) is 5.69 Å². The number of benzene rings is 1. The smallest absolute Gasteiger partial charge is 0.171 e. The predicted octanol–water partition coefficient (Wildman–Crippen LogP) is 1.62. The van der Waals surface area contributed by atoms with E-state index in [0.717, 1.165) is 5.69 Å². The van der Waals surface area contributed by atoms with E-state index in [2.05, 4.69) is 10.1 Å². The zero-order valence-corrected chi connectivity index (χ0v) is 8.96. The molecule has 1 aromatic heterocycles. The van der Waals surface area contributed by atoms with Crippen LogP contribution in [-0.2, 0) is 0 Å². The number of aromatic nitrogens is 2. The molecule has 2 rings (SSSR count). The Bertz CT molecular complexity index is 522. The maximum atomic E-state index is 8.56. The molecule has 2 aromatic rings. The van der Waals surface area contributed by atoms with E-state index in [1.54, 1.807) is 36.9 Å². The molecule has 0 aliphatic rings. The summed E-state index contributed by atoms with van der Waals surface area (Å²) in [6.07, 6.45) is 5.13. The number of amidine groups is 1. The molecule has 0 radical (unpaired) electrons. The van der Waals surface area contributed by atoms with Gasteiger partial charge >= 0.3 is 0 Å². The van der Waals surface area contributed by atoms with Gasteiger partial charge in [0.15, 0.2) is 5.84 Å². The fourth-order valence-corrected chi connectivity index (χ4v) is 1.61. The molecular weight excluding hydrogens is 228 g/mol. The van der Waals surface area contributed by atoms with Gasteiger partial charge in [0, 0.05) is 23.6 Å². The van der Waals surface area contributed by atoms with Gasteiger partial charge in [-0.2, -0.15) is 0 Å². The molecule has 0 saturated heterocycles. The largest absolute Gasteiger partial charge is 0.409 e. The van der Waals surface area contributed by atoms with E-state index in [0.29, 0.717) is 10.6 Å². The molecule has 5 nitrogen and oxygen atoms in total. The minimum Gasteiger partial charge on any atom is -0.409 e. The van der Waals surface area contributed by atoms with Crippen molar-refractivity contribution in [2.45, 2.75) is 0 Å². The molecule has 0 atom stereocenters. The van der Waals surface area contributed by atoms with Crippen LogP contribution in [0.3, 0.4) is 0 Å². The molecule has 0 bridgehead atoms. The predicted molar refractivity (Wildman–Crippen MR) is 61.1 cm³/mol. The average molecular weight is 237 g/mol. The van der Waals surface area contributed by atoms with E-state index in [1.165, 1.54) is 0 Å². The van der Waals surface area contributed by atoms with Crippen molar-refractivity contribution in [3.63, 3.8) is 0 Å². The van der Waals surface area contributed by atoms with E-state index >= 15 is 0 Å². The minimum atomic E-state index is -0.0119. The van der Waals surface area contributed by atoms with Gasteiger partial charge in [-0.05, 0) is 18.2 Å². The van der Waals surface area contributed by atoms with Crippen molar-refractivity contribution in [3.05, 3.63) is 47.5 Å². The lowest BCUT2D eigenvalue weighted by molar-refractivity contribution is 0.318. The van der Waals surface area contributed by atoms with Crippen LogP contribution >= 0.6 is 11.6 Å². The molecule has 0 unspecified atom stereocenters. The molecule has 0 aliphatic heterocycles. The van der Waals surface area contributed by atoms with Crippen molar-refractivity contribution < 1.29 is 5.21 Å². The molecule has 3 N–H and O–H groups in total. The van der Waals surface area contributed by atoms with Crippen molar-refractivity contribution in [2.75, 3.05) is 0 Å². The summed E-state index contributed by atoms with van der Waals surface area (Å²) in [5, 5.41) is 11.9. The van der Waals surface area contributed by atoms with E-state index in [9.17, 15) is 0 Å². The van der Waals surface area contributed by atoms with Crippen LogP contribution in [0.15, 0.2) is 42.1 Å². The molecular formula is C10H9ClN4O. The summed E-state index contributed by atoms with van der Waals surface area (Å²) < 4.78 is 1.81. The Hall–Kier alpha value is -2.01. The molecule has 6 heteroatoms. The standard InChI is InChI=1S/C10H9ClN4O/c11-9-5-7(15-4-3-13-6-15)1-2-8(9)10(12)14-16/h1-6,16H,(H2,12,14). The van der Waals surface area contributed by atoms with Gasteiger partial charge in [0.25, 0.3) is 0 Å². The highest BCUT2D eigenvalue weighted by molar-refractivity contribution is 6.34. The first-order valence-corrected chi connectivity index (χ1v) is 4.86. The number of nitrogens with two attached hydrogens (primary N) is 1. The normalized spacial score (nSPS) is 11.7. The Morgan fingerprint density at radius 2 is 2.31 bits per heavy atom. The summed E-state index contributed by atoms with van der Waals surface area (Å²) in [5.41, 5.74) is 6.81. The fourth-order valence-electron chi connectivity index (χ4n) is 1.34. The van der Waals surface area contributed by atoms with Crippen molar-refractivity contribution >= 4 is 17.4 Å². The molecule has 0 fully saturated rings. The summed E-state index contributed by atoms with van der Waals surface area (Å²) >= 11 is 6.01. The van der Waals surface area contributed by atoms with Crippen molar-refractivity contribution in [1.82, 2.24) is 9.55 Å². The fraction of sp³-hybridized carbons (Fsp3) is 0. The summed E-state index contributed by atoms with van der Waals surface area (Å²) in [6, 6.07) is 5.21. The number of oxime groups is 1. The Balaban J connectivity index is 2.45. The summed E-state index contributed by atoms with van der Waals surface area (Å²) in [4.78, 5) is 3.93. The van der Waals surface area contributed by atoms with E-state index in [4.69, 9.17) is 22.5 Å². The minimum absolute atomic E-state index is 0.0119. The molecule has 82 valence electrons. The highest BCUT2D eigenvalue weighted by atomic mass is 35.5. The van der Waals surface area contributed by atoms with Crippen LogP contribution in [0.4, 0.5) is 0 Å². The Labute approximate surface area is 96.8 Å². The highest BCUT2D eigenvalue weighted by Crippen LogP contribution is 2.19. The lowest BCUT2D eigenvalue weighted by atomic mass is 10.2. The highest BCUT2D eigenvalue weighted by Gasteiger charge is 2.06. The van der Waals surface area contributed by atoms with Gasteiger partial charge in [-0.3, -0.25) is 0 Å². The van der Waals surface area contributed by atoms with Crippen LogP contribution in [0, 0.1) is 0 Å². The molecule has 16 heavy (non-hydrogen) atoms. The van der Waals surface area contributed by atoms with Crippen LogP contribution < -0.4 is 5.73 Å². The number of hydrogen-bond acceptors (Lipinski definition) is 3. The van der Waals surface area contributed by atoms with Gasteiger partial charge in [-0.1, -0.05) is 16.8 Å². The van der Waals surface area contributed by atoms with E-state index in [-0.39, 0.29) is 5.84 Å². The molecule has 1 aromatic carbocycles. The zero-order chi connectivity index (χ0) is 11.5. The number of halogens is 1. The lowest BCUT2D eigenvalue weighted by Gasteiger charge is -2.06. The molecule has 1 heterocycles. The topological polar surface area (TPSA) is 76.4 Å². The Morgan fingerprint density at radius 1 is 1.50 bits per heavy atom. The van der Waals surface area contributed by atoms with Crippen LogP contribution in [0.2, 0.25) is 5.02 Å². The van der Waals surface area contributed by atoms with Gasteiger partial charge < -0.3 is 15.5 Å². The number of hydrogen-bond donors (Lipinski definition) is 2. The number of nitrogens with zero attached hydrogens (tertiary/aromatic N) is 3. The third-order valence-electron chi connectivity index (χ3n) is 2.14. The maximum absolute atomic E-state index is 8.56. The van der Waals surface area contributed by atoms with Crippen LogP contribution in [0.5, 0.6) is 0 Å². The first kappa shape index (κ1) is 10.5. The molecule has 0 aliphatic carbocycles. The van der Waals surface area contributed by atoms with E-state index < -0.39 is 0 Å². The second-order valence-electron chi connectivity index (χ2n) is 3.12. The van der Waals surface area contributed by atoms with Gasteiger partial charge in [0.1, 0.15) is 0 Å². The van der Waals surface area contributed by atoms with Crippen LogP contribution in [0.1, 0.15) is 5.56 Å². The monoisotopic (exact) mass is 236 g/mol. The second kappa shape index (κ2) is 4.24. The Morgan fingerprint density at radius 3 is 2.88 bits per heavy atom. The average Bonchev–Trinajstić information content (AvgIpc) is 2.81. The third kappa shape index (κ3) is 1.85. The summed E-state index contributed by atoms with van der Waals surface area (Å²) in [7, 11) is 0. The van der Waals surface area contributed by atoms with Gasteiger partial charge in [-0.25, -0.2) is 4.98 Å². The summed E-state index contributed by atoms with van der Waals surface area (Å²) in [6.45, 7) is 0. The maximum Gasteiger partial charge on any atom is 0.171 e. The van der Waals surface area contributed by atoms with Gasteiger partial charge in [0.05, 0.1) is 11.3 Å². The molecule has 0 spiro atoms. The van der Waals surface area contributed by atoms with Gasteiger partial charge in [-0.15, -0.1) is 0 Å². The zero-order valence-electron chi connectivity index (χ0n) is 8.21. The SMILES string of the molecule is NC(=NO)c1ccc(-n2ccnc2)cc1Cl. The molecule has 0 saturated carbocycles. The number of imidazole rings is 1. The quantitative estimate of drug-likeness (QED) is 0.360. The van der Waals surface area contributed by atoms with Crippen molar-refractivity contribution in [3.8, 4) is 5.69 Å². The lowest BCUT2D eigenvalue weighted by Crippen LogP contribution is -2.13. The Kier molecular flexibility index (Phi) is 2.78. The number of rotatable bonds is 2. The summed E-state index contributed by atoms with van der Waals surface area (Å²) in [5.74, 6) is -0.0119. The third-order valence-corrected chi connectivity index (χ3v) is 2.45. The van der Waals surface area contributed by atoms with Crippen LogP contribution in [-0.4, -0.2) is 20.6 Å². The molecule has 0 amide bonds. The van der Waals surface area contributed by atoms with Gasteiger partial charge in [0.2, 0.25) is 0 Å². The van der Waals surface area contributed by atoms with Crippen molar-refractivity contribution in [2.24, 2.45) is 10.9 Å². The first-order chi connectivity index (χ1) is 7.72. The van der Waals surface area contributed by atoms with Crippen molar-refractivity contribution in [1.29, 1.82) is 0 Å². The first-order valence-electron chi connectivity index (χ1n) is 4.48. The second-order valence-corrected chi connectivity index (χ2v) is 3.53. The van der Waals surface area contributed by atoms with E-state index in [1.807, 2.05) is 4.57 Å².